The first-order valence-corrected chi connectivity index (χ1v) is 7.05. The first kappa shape index (κ1) is 13.1. The lowest BCUT2D eigenvalue weighted by Gasteiger charge is -2.12. The average molecular weight is 272 g/mol. The molecular formula is C11H16N2O4S. The van der Waals surface area contributed by atoms with Crippen molar-refractivity contribution in [1.82, 2.24) is 4.72 Å². The van der Waals surface area contributed by atoms with Crippen LogP contribution in [-0.4, -0.2) is 34.8 Å². The molecule has 1 saturated heterocycles. The molecule has 0 saturated carbocycles. The number of sulfonamides is 1. The van der Waals surface area contributed by atoms with Gasteiger partial charge in [0.2, 0.25) is 10.0 Å². The van der Waals surface area contributed by atoms with E-state index in [-0.39, 0.29) is 10.9 Å². The summed E-state index contributed by atoms with van der Waals surface area (Å²) in [5.74, 6) is 0.457. The van der Waals surface area contributed by atoms with Crippen molar-refractivity contribution in [3.05, 3.63) is 18.2 Å². The SMILES string of the molecule is COc1ccc(S(=O)(=O)N[C@H]2CCOC2)cc1N. The van der Waals surface area contributed by atoms with E-state index < -0.39 is 10.0 Å². The summed E-state index contributed by atoms with van der Waals surface area (Å²) in [6.07, 6.45) is 0.685. The smallest absolute Gasteiger partial charge is 0.240 e. The quantitative estimate of drug-likeness (QED) is 0.772. The van der Waals surface area contributed by atoms with E-state index >= 15 is 0 Å². The van der Waals surface area contributed by atoms with E-state index in [0.29, 0.717) is 31.1 Å². The number of ether oxygens (including phenoxy) is 2. The molecule has 1 aromatic rings. The second-order valence-electron chi connectivity index (χ2n) is 4.09. The van der Waals surface area contributed by atoms with Crippen LogP contribution in [0.15, 0.2) is 23.1 Å². The van der Waals surface area contributed by atoms with Crippen molar-refractivity contribution in [1.29, 1.82) is 0 Å². The number of nitrogens with two attached hydrogens (primary N) is 1. The molecule has 0 amide bonds. The lowest BCUT2D eigenvalue weighted by Crippen LogP contribution is -2.35. The molecule has 0 bridgehead atoms. The third-order valence-electron chi connectivity index (χ3n) is 2.76. The Kier molecular flexibility index (Phi) is 3.74. The maximum Gasteiger partial charge on any atom is 0.240 e. The van der Waals surface area contributed by atoms with Gasteiger partial charge in [0.25, 0.3) is 0 Å². The van der Waals surface area contributed by atoms with Gasteiger partial charge in [-0.25, -0.2) is 13.1 Å². The topological polar surface area (TPSA) is 90.7 Å². The highest BCUT2D eigenvalue weighted by Gasteiger charge is 2.23. The lowest BCUT2D eigenvalue weighted by atomic mass is 10.3. The first-order chi connectivity index (χ1) is 8.53. The van der Waals surface area contributed by atoms with Crippen molar-refractivity contribution < 1.29 is 17.9 Å². The van der Waals surface area contributed by atoms with E-state index in [0.717, 1.165) is 0 Å². The van der Waals surface area contributed by atoms with Crippen molar-refractivity contribution in [3.63, 3.8) is 0 Å². The zero-order valence-corrected chi connectivity index (χ0v) is 10.9. The van der Waals surface area contributed by atoms with E-state index in [1.54, 1.807) is 0 Å². The Hall–Kier alpha value is -1.31. The van der Waals surface area contributed by atoms with Gasteiger partial charge in [-0.05, 0) is 24.6 Å². The lowest BCUT2D eigenvalue weighted by molar-refractivity contribution is 0.192. The summed E-state index contributed by atoms with van der Waals surface area (Å²) >= 11 is 0. The van der Waals surface area contributed by atoms with Crippen molar-refractivity contribution in [2.24, 2.45) is 0 Å². The van der Waals surface area contributed by atoms with Crippen molar-refractivity contribution >= 4 is 15.7 Å². The van der Waals surface area contributed by atoms with Crippen LogP contribution in [0.4, 0.5) is 5.69 Å². The minimum absolute atomic E-state index is 0.132. The zero-order chi connectivity index (χ0) is 13.2. The molecule has 0 radical (unpaired) electrons. The molecule has 3 N–H and O–H groups in total. The van der Waals surface area contributed by atoms with Crippen LogP contribution in [0.3, 0.4) is 0 Å². The fourth-order valence-corrected chi connectivity index (χ4v) is 3.08. The normalized spacial score (nSPS) is 19.9. The average Bonchev–Trinajstić information content (AvgIpc) is 2.81. The fraction of sp³-hybridized carbons (Fsp3) is 0.455. The molecule has 1 aromatic carbocycles. The van der Waals surface area contributed by atoms with E-state index in [9.17, 15) is 8.42 Å². The summed E-state index contributed by atoms with van der Waals surface area (Å²) in [4.78, 5) is 0.132. The van der Waals surface area contributed by atoms with Gasteiger partial charge in [-0.2, -0.15) is 0 Å². The Morgan fingerprint density at radius 1 is 1.50 bits per heavy atom. The van der Waals surface area contributed by atoms with Crippen LogP contribution in [-0.2, 0) is 14.8 Å². The minimum atomic E-state index is -3.56. The molecule has 1 aliphatic heterocycles. The highest BCUT2D eigenvalue weighted by molar-refractivity contribution is 7.89. The van der Waals surface area contributed by atoms with Gasteiger partial charge < -0.3 is 15.2 Å². The van der Waals surface area contributed by atoms with Crippen molar-refractivity contribution in [2.75, 3.05) is 26.1 Å². The summed E-state index contributed by atoms with van der Waals surface area (Å²) in [7, 11) is -2.08. The van der Waals surface area contributed by atoms with E-state index in [2.05, 4.69) is 4.72 Å². The molecule has 1 atom stereocenters. The van der Waals surface area contributed by atoms with Crippen LogP contribution in [0.1, 0.15) is 6.42 Å². The molecule has 0 unspecified atom stereocenters. The highest BCUT2D eigenvalue weighted by Crippen LogP contribution is 2.24. The number of methoxy groups -OCH3 is 1. The molecule has 100 valence electrons. The van der Waals surface area contributed by atoms with Gasteiger partial charge in [-0.1, -0.05) is 0 Å². The van der Waals surface area contributed by atoms with E-state index in [1.165, 1.54) is 25.3 Å². The van der Waals surface area contributed by atoms with Crippen molar-refractivity contribution in [2.45, 2.75) is 17.4 Å². The number of hydrogen-bond donors (Lipinski definition) is 2. The summed E-state index contributed by atoms with van der Waals surface area (Å²) < 4.78 is 36.9. The summed E-state index contributed by atoms with van der Waals surface area (Å²) in [5.41, 5.74) is 5.99. The predicted molar refractivity (Wildman–Crippen MR) is 67.0 cm³/mol. The van der Waals surface area contributed by atoms with E-state index in [1.807, 2.05) is 0 Å². The number of nitrogen functional groups attached to an aromatic ring is 1. The van der Waals surface area contributed by atoms with Gasteiger partial charge in [0.15, 0.2) is 0 Å². The van der Waals surface area contributed by atoms with E-state index in [4.69, 9.17) is 15.2 Å². The number of rotatable bonds is 4. The fourth-order valence-electron chi connectivity index (χ4n) is 1.79. The molecular weight excluding hydrogens is 256 g/mol. The van der Waals surface area contributed by atoms with Crippen LogP contribution in [0.25, 0.3) is 0 Å². The van der Waals surface area contributed by atoms with Crippen LogP contribution in [0, 0.1) is 0 Å². The van der Waals surface area contributed by atoms with Crippen LogP contribution < -0.4 is 15.2 Å². The third-order valence-corrected chi connectivity index (χ3v) is 4.28. The maximum atomic E-state index is 12.1. The molecule has 7 heteroatoms. The summed E-state index contributed by atoms with van der Waals surface area (Å²) in [5, 5.41) is 0. The molecule has 0 aliphatic carbocycles. The standard InChI is InChI=1S/C11H16N2O4S/c1-16-11-3-2-9(6-10(11)12)18(14,15)13-8-4-5-17-7-8/h2-3,6,8,13H,4-5,7,12H2,1H3/t8-/m0/s1. The van der Waals surface area contributed by atoms with Gasteiger partial charge in [0, 0.05) is 12.6 Å². The van der Waals surface area contributed by atoms with Gasteiger partial charge in [0.1, 0.15) is 5.75 Å². The Balaban J connectivity index is 2.21. The maximum absolute atomic E-state index is 12.1. The third kappa shape index (κ3) is 2.74. The summed E-state index contributed by atoms with van der Waals surface area (Å²) in [6, 6.07) is 4.22. The molecule has 1 aliphatic rings. The number of benzene rings is 1. The Morgan fingerprint density at radius 2 is 2.28 bits per heavy atom. The number of anilines is 1. The van der Waals surface area contributed by atoms with Gasteiger partial charge >= 0.3 is 0 Å². The van der Waals surface area contributed by atoms with Gasteiger partial charge in [-0.3, -0.25) is 0 Å². The Morgan fingerprint density at radius 3 is 2.83 bits per heavy atom. The molecule has 18 heavy (non-hydrogen) atoms. The molecule has 0 spiro atoms. The monoisotopic (exact) mass is 272 g/mol. The predicted octanol–water partition coefficient (Wildman–Crippen LogP) is 0.345. The van der Waals surface area contributed by atoms with Crippen molar-refractivity contribution in [3.8, 4) is 5.75 Å². The van der Waals surface area contributed by atoms with Crippen LogP contribution >= 0.6 is 0 Å². The number of hydrogen-bond acceptors (Lipinski definition) is 5. The summed E-state index contributed by atoms with van der Waals surface area (Å²) in [6.45, 7) is 0.989. The van der Waals surface area contributed by atoms with Gasteiger partial charge in [0.05, 0.1) is 24.3 Å². The Bertz CT molecular complexity index is 524. The second-order valence-corrected chi connectivity index (χ2v) is 5.80. The molecule has 1 heterocycles. The Labute approximate surface area is 106 Å². The second kappa shape index (κ2) is 5.13. The van der Waals surface area contributed by atoms with Crippen LogP contribution in [0.2, 0.25) is 0 Å². The molecule has 1 fully saturated rings. The first-order valence-electron chi connectivity index (χ1n) is 5.56. The molecule has 2 rings (SSSR count). The van der Waals surface area contributed by atoms with Gasteiger partial charge in [-0.15, -0.1) is 0 Å². The number of nitrogens with one attached hydrogen (secondary N) is 1. The molecule has 6 nitrogen and oxygen atoms in total. The van der Waals surface area contributed by atoms with Crippen LogP contribution in [0.5, 0.6) is 5.75 Å². The highest BCUT2D eigenvalue weighted by atomic mass is 32.2. The minimum Gasteiger partial charge on any atom is -0.495 e. The molecule has 0 aromatic heterocycles. The largest absolute Gasteiger partial charge is 0.495 e. The zero-order valence-electron chi connectivity index (χ0n) is 10.0.